The molecule has 0 amide bonds. The molecule has 0 atom stereocenters. The number of piperidine rings is 1. The number of nitrogens with zero attached hydrogens (tertiary/aromatic N) is 18. The van der Waals surface area contributed by atoms with Crippen LogP contribution in [0.25, 0.3) is 72.2 Å². The molecule has 0 bridgehead atoms. The molecule has 9 aromatic heterocycles. The molecular formula is C66H61Cl3F3N19. The van der Waals surface area contributed by atoms with Gasteiger partial charge in [-0.05, 0) is 158 Å². The summed E-state index contributed by atoms with van der Waals surface area (Å²) in [6.45, 7) is 9.26. The standard InChI is InChI=1S/C22H19FN6.C21H18FN7.C15H17FN2.C8H5ClN4.2ClH/c1-13-12-29-22(25-13)16(11-24)9-20(28-29)15-7-18(23)17-10-19(26-27-21(17)8-15)14-5-3-2-4-6-14;1-12-11-29-21(25-12)15(10-23)8-19(28-29)14-6-17(22)16-9-18(26-27-20(16)7-14)13-2-4-24-5-3-13;1-10-7-13(16)12-9-14(17-18-15(12)8-10)11-5-3-2-4-6-11;1-5-4-13-8(11-5)6(3-10)2-7(9)12-13;;/h7-10,12,14H,2-6H2,1H3;6-9,11,13,24H,2-5H2,1H3;7-9,11H,2-6H2,1H3;2,4H,1H3;2*1H. The van der Waals surface area contributed by atoms with Gasteiger partial charge in [0, 0.05) is 45.0 Å². The van der Waals surface area contributed by atoms with Crippen LogP contribution >= 0.6 is 36.4 Å². The van der Waals surface area contributed by atoms with E-state index >= 15 is 4.39 Å². The molecule has 0 unspecified atom stereocenters. The number of nitriles is 3. The lowest BCUT2D eigenvalue weighted by Gasteiger charge is -2.21. The summed E-state index contributed by atoms with van der Waals surface area (Å²) in [5.41, 5.74) is 12.3. The molecule has 0 spiro atoms. The van der Waals surface area contributed by atoms with Crippen molar-refractivity contribution in [2.45, 2.75) is 122 Å². The third-order valence-electron chi connectivity index (χ3n) is 16.5. The maximum Gasteiger partial charge on any atom is 0.171 e. The van der Waals surface area contributed by atoms with Crippen LogP contribution in [0.2, 0.25) is 5.15 Å². The highest BCUT2D eigenvalue weighted by Crippen LogP contribution is 2.36. The van der Waals surface area contributed by atoms with Crippen LogP contribution < -0.4 is 5.32 Å². The van der Waals surface area contributed by atoms with Gasteiger partial charge in [0.2, 0.25) is 0 Å². The van der Waals surface area contributed by atoms with Crippen LogP contribution in [0.3, 0.4) is 0 Å². The van der Waals surface area contributed by atoms with Gasteiger partial charge in [0.25, 0.3) is 0 Å². The Labute approximate surface area is 538 Å². The summed E-state index contributed by atoms with van der Waals surface area (Å²) >= 11 is 5.70. The minimum Gasteiger partial charge on any atom is -0.317 e. The Morgan fingerprint density at radius 3 is 1.21 bits per heavy atom. The molecule has 0 radical (unpaired) electrons. The van der Waals surface area contributed by atoms with Crippen LogP contribution in [0.4, 0.5) is 13.2 Å². The molecule has 15 rings (SSSR count). The normalized spacial score (nSPS) is 14.5. The van der Waals surface area contributed by atoms with E-state index < -0.39 is 0 Å². The molecule has 3 aromatic carbocycles. The summed E-state index contributed by atoms with van der Waals surface area (Å²) in [6, 6.07) is 26.5. The monoisotopic (exact) mass is 1280 g/mol. The third kappa shape index (κ3) is 14.2. The Balaban J connectivity index is 0.000000138. The van der Waals surface area contributed by atoms with Crippen LogP contribution in [-0.4, -0.2) is 87.5 Å². The fourth-order valence-corrected chi connectivity index (χ4v) is 12.3. The average Bonchev–Trinajstić information content (AvgIpc) is 1.81. The third-order valence-corrected chi connectivity index (χ3v) is 16.7. The highest BCUT2D eigenvalue weighted by atomic mass is 35.5. The van der Waals surface area contributed by atoms with Crippen molar-refractivity contribution >= 4 is 86.1 Å². The van der Waals surface area contributed by atoms with Crippen molar-refractivity contribution in [3.63, 3.8) is 0 Å². The summed E-state index contributed by atoms with van der Waals surface area (Å²) in [7, 11) is 0. The highest BCUT2D eigenvalue weighted by molar-refractivity contribution is 6.29. The van der Waals surface area contributed by atoms with Crippen LogP contribution in [0.5, 0.6) is 0 Å². The molecule has 1 saturated heterocycles. The largest absolute Gasteiger partial charge is 0.317 e. The van der Waals surface area contributed by atoms with E-state index in [1.807, 2.05) is 58.0 Å². The maximum atomic E-state index is 15.0. The smallest absolute Gasteiger partial charge is 0.171 e. The van der Waals surface area contributed by atoms with E-state index in [1.54, 1.807) is 58.0 Å². The van der Waals surface area contributed by atoms with Gasteiger partial charge in [-0.25, -0.2) is 41.7 Å². The van der Waals surface area contributed by atoms with Gasteiger partial charge in [-0.3, -0.25) is 0 Å². The van der Waals surface area contributed by atoms with Gasteiger partial charge in [0.15, 0.2) is 22.1 Å². The number of halogens is 6. The van der Waals surface area contributed by atoms with E-state index in [1.165, 1.54) is 61.2 Å². The van der Waals surface area contributed by atoms with Crippen molar-refractivity contribution in [3.8, 4) is 40.7 Å². The predicted molar refractivity (Wildman–Crippen MR) is 345 cm³/mol. The SMILES string of the molecule is Cc1cc(F)c2cc(C3CCCCC3)nnc2c1.Cc1cn2nc(-c3cc(F)c4cc(C5CCCCC5)nnc4c3)cc(C#N)c2n1.Cc1cn2nc(-c3cc(F)c4cc(C5CCNCC5)nnc4c3)cc(C#N)c2n1.Cc1cn2nc(Cl)cc(C#N)c2n1.Cl.Cl. The number of rotatable bonds is 5. The van der Waals surface area contributed by atoms with Crippen molar-refractivity contribution in [3.05, 3.63) is 170 Å². The molecule has 1 N–H and O–H groups in total. The summed E-state index contributed by atoms with van der Waals surface area (Å²) in [4.78, 5) is 12.8. The molecule has 25 heteroatoms. The second-order valence-electron chi connectivity index (χ2n) is 23.0. The number of hydrogen-bond acceptors (Lipinski definition) is 16. The summed E-state index contributed by atoms with van der Waals surface area (Å²) in [5.74, 6) is 0.232. The topological polar surface area (TPSA) is 251 Å². The lowest BCUT2D eigenvalue weighted by Crippen LogP contribution is -2.27. The molecule has 19 nitrogen and oxygen atoms in total. The highest BCUT2D eigenvalue weighted by Gasteiger charge is 2.23. The lowest BCUT2D eigenvalue weighted by atomic mass is 9.86. The van der Waals surface area contributed by atoms with Gasteiger partial charge in [-0.1, -0.05) is 50.1 Å². The number of benzene rings is 3. The van der Waals surface area contributed by atoms with Crippen molar-refractivity contribution in [2.75, 3.05) is 13.1 Å². The first-order valence-electron chi connectivity index (χ1n) is 29.7. The van der Waals surface area contributed by atoms with Gasteiger partial charge < -0.3 is 5.32 Å². The minimum atomic E-state index is -0.371. The Morgan fingerprint density at radius 1 is 0.440 bits per heavy atom. The van der Waals surface area contributed by atoms with Crippen molar-refractivity contribution in [2.24, 2.45) is 0 Å². The van der Waals surface area contributed by atoms with E-state index in [-0.39, 0.29) is 42.3 Å². The van der Waals surface area contributed by atoms with Gasteiger partial charge in [-0.2, -0.15) is 61.7 Å². The van der Waals surface area contributed by atoms with Gasteiger partial charge in [0.05, 0.1) is 97.4 Å². The number of aromatic nitrogens is 15. The first kappa shape index (κ1) is 64.6. The Bertz CT molecular complexity index is 4620. The van der Waals surface area contributed by atoms with Crippen LogP contribution in [0.15, 0.2) is 91.4 Å². The van der Waals surface area contributed by atoms with Crippen LogP contribution in [-0.2, 0) is 0 Å². The number of hydrogen-bond donors (Lipinski definition) is 1. The average molecular weight is 1280 g/mol. The molecule has 2 aliphatic carbocycles. The van der Waals surface area contributed by atoms with E-state index in [0.29, 0.717) is 112 Å². The molecule has 91 heavy (non-hydrogen) atoms. The Hall–Kier alpha value is -9.37. The minimum absolute atomic E-state index is 0. The van der Waals surface area contributed by atoms with Crippen molar-refractivity contribution < 1.29 is 13.2 Å². The molecule has 10 heterocycles. The number of fused-ring (bicyclic) bond motifs is 6. The van der Waals surface area contributed by atoms with Gasteiger partial charge in [-0.15, -0.1) is 24.8 Å². The predicted octanol–water partition coefficient (Wildman–Crippen LogP) is 14.4. The fraction of sp³-hybridized carbons (Fsp3) is 0.318. The van der Waals surface area contributed by atoms with Crippen molar-refractivity contribution in [1.29, 1.82) is 15.8 Å². The van der Waals surface area contributed by atoms with E-state index in [9.17, 15) is 19.3 Å². The number of imidazole rings is 3. The summed E-state index contributed by atoms with van der Waals surface area (Å²) in [6.07, 6.45) is 19.1. The van der Waals surface area contributed by atoms with E-state index in [4.69, 9.17) is 16.9 Å². The zero-order chi connectivity index (χ0) is 61.9. The molecule has 3 aliphatic rings. The zero-order valence-electron chi connectivity index (χ0n) is 50.2. The van der Waals surface area contributed by atoms with E-state index in [2.05, 4.69) is 78.3 Å². The molecule has 462 valence electrons. The molecule has 2 saturated carbocycles. The van der Waals surface area contributed by atoms with Gasteiger partial charge >= 0.3 is 0 Å². The number of aryl methyl sites for hydroxylation is 4. The lowest BCUT2D eigenvalue weighted by molar-refractivity contribution is 0.434. The van der Waals surface area contributed by atoms with Gasteiger partial charge in [0.1, 0.15) is 35.7 Å². The van der Waals surface area contributed by atoms with E-state index in [0.717, 1.165) is 91.3 Å². The Morgan fingerprint density at radius 2 is 0.802 bits per heavy atom. The summed E-state index contributed by atoms with van der Waals surface area (Å²) in [5, 5.41) is 71.7. The number of nitrogens with one attached hydrogen (secondary N) is 1. The first-order valence-corrected chi connectivity index (χ1v) is 30.1. The maximum absolute atomic E-state index is 15.0. The van der Waals surface area contributed by atoms with Crippen LogP contribution in [0.1, 0.15) is 151 Å². The summed E-state index contributed by atoms with van der Waals surface area (Å²) < 4.78 is 48.5. The second-order valence-corrected chi connectivity index (χ2v) is 23.4. The molecular weight excluding hydrogens is 1220 g/mol. The molecule has 1 aliphatic heterocycles. The Kier molecular flexibility index (Phi) is 20.0. The molecule has 3 fully saturated rings. The quantitative estimate of drug-likeness (QED) is 0.168. The fourth-order valence-electron chi connectivity index (χ4n) is 12.1. The second kappa shape index (κ2) is 28.2. The molecule has 12 aromatic rings. The van der Waals surface area contributed by atoms with Crippen LogP contribution in [0, 0.1) is 79.1 Å². The first-order chi connectivity index (χ1) is 43.2. The zero-order valence-corrected chi connectivity index (χ0v) is 52.6. The van der Waals surface area contributed by atoms with Crippen molar-refractivity contribution in [1.82, 2.24) is 79.7 Å².